The van der Waals surface area contributed by atoms with Crippen molar-refractivity contribution in [3.8, 4) is 0 Å². The second-order valence-corrected chi connectivity index (χ2v) is 4.53. The van der Waals surface area contributed by atoms with Crippen LogP contribution in [0.5, 0.6) is 0 Å². The van der Waals surface area contributed by atoms with Crippen LogP contribution in [0.25, 0.3) is 11.0 Å². The number of aromatic nitrogens is 2. The zero-order chi connectivity index (χ0) is 13.7. The average molecular weight is 278 g/mol. The Kier molecular flexibility index (Phi) is 4.68. The van der Waals surface area contributed by atoms with Gasteiger partial charge in [-0.05, 0) is 25.5 Å². The minimum absolute atomic E-state index is 0.0151. The first-order valence-electron chi connectivity index (χ1n) is 6.33. The smallest absolute Gasteiger partial charge is 0.256 e. The number of carbonyl (C=O) groups is 1. The minimum Gasteiger partial charge on any atom is -0.339 e. The third-order valence-electron chi connectivity index (χ3n) is 2.96. The predicted molar refractivity (Wildman–Crippen MR) is 76.5 cm³/mol. The Hall–Kier alpha value is -1.68. The van der Waals surface area contributed by atoms with Crippen LogP contribution < -0.4 is 0 Å². The molecule has 0 atom stereocenters. The first-order valence-corrected chi connectivity index (χ1v) is 6.86. The maximum absolute atomic E-state index is 12.5. The summed E-state index contributed by atoms with van der Waals surface area (Å²) in [6.45, 7) is 3.28. The van der Waals surface area contributed by atoms with E-state index in [4.69, 9.17) is 11.6 Å². The van der Waals surface area contributed by atoms with Gasteiger partial charge in [0.15, 0.2) is 0 Å². The predicted octanol–water partition coefficient (Wildman–Crippen LogP) is 2.72. The molecule has 0 unspecified atom stereocenters. The maximum Gasteiger partial charge on any atom is 0.256 e. The quantitative estimate of drug-likeness (QED) is 0.790. The highest BCUT2D eigenvalue weighted by Crippen LogP contribution is 2.16. The van der Waals surface area contributed by atoms with Crippen molar-refractivity contribution < 1.29 is 4.79 Å². The highest BCUT2D eigenvalue weighted by Gasteiger charge is 2.17. The Balaban J connectivity index is 2.35. The number of fused-ring (bicyclic) bond motifs is 1. The van der Waals surface area contributed by atoms with Crippen LogP contribution in [0.15, 0.2) is 30.6 Å². The van der Waals surface area contributed by atoms with Gasteiger partial charge in [-0.15, -0.1) is 11.6 Å². The van der Waals surface area contributed by atoms with Crippen LogP contribution >= 0.6 is 11.6 Å². The summed E-state index contributed by atoms with van der Waals surface area (Å²) in [5.41, 5.74) is 1.99. The summed E-state index contributed by atoms with van der Waals surface area (Å²) in [6, 6.07) is 5.48. The van der Waals surface area contributed by atoms with Gasteiger partial charge in [0.2, 0.25) is 0 Å². The fourth-order valence-electron chi connectivity index (χ4n) is 1.99. The number of para-hydroxylation sites is 1. The van der Waals surface area contributed by atoms with E-state index in [1.54, 1.807) is 23.4 Å². The van der Waals surface area contributed by atoms with Crippen molar-refractivity contribution >= 4 is 28.5 Å². The monoisotopic (exact) mass is 277 g/mol. The largest absolute Gasteiger partial charge is 0.339 e. The molecule has 0 aliphatic rings. The van der Waals surface area contributed by atoms with Crippen LogP contribution in [-0.4, -0.2) is 39.7 Å². The van der Waals surface area contributed by atoms with Gasteiger partial charge in [0.25, 0.3) is 5.91 Å². The Labute approximate surface area is 117 Å². The molecule has 0 aliphatic heterocycles. The molecule has 0 spiro atoms. The number of carbonyl (C=O) groups excluding carboxylic acids is 1. The van der Waals surface area contributed by atoms with E-state index in [1.807, 2.05) is 19.1 Å². The molecule has 0 bridgehead atoms. The second kappa shape index (κ2) is 6.48. The number of benzene rings is 1. The van der Waals surface area contributed by atoms with Crippen LogP contribution in [0.1, 0.15) is 23.7 Å². The Morgan fingerprint density at radius 2 is 2.11 bits per heavy atom. The number of alkyl halides is 1. The maximum atomic E-state index is 12.5. The number of hydrogen-bond acceptors (Lipinski definition) is 3. The van der Waals surface area contributed by atoms with E-state index in [0.717, 1.165) is 11.9 Å². The summed E-state index contributed by atoms with van der Waals surface area (Å²) in [6.07, 6.45) is 4.02. The number of halogens is 1. The van der Waals surface area contributed by atoms with Gasteiger partial charge in [-0.3, -0.25) is 14.8 Å². The number of nitrogens with zero attached hydrogens (tertiary/aromatic N) is 3. The van der Waals surface area contributed by atoms with Gasteiger partial charge in [-0.2, -0.15) is 0 Å². The van der Waals surface area contributed by atoms with Gasteiger partial charge in [0, 0.05) is 31.4 Å². The summed E-state index contributed by atoms with van der Waals surface area (Å²) >= 11 is 5.69. The molecule has 4 nitrogen and oxygen atoms in total. The number of rotatable bonds is 5. The van der Waals surface area contributed by atoms with Crippen molar-refractivity contribution in [1.82, 2.24) is 14.9 Å². The molecule has 0 saturated heterocycles. The SMILES string of the molecule is CCN(CCCCl)C(=O)c1cccc2nccnc12. The van der Waals surface area contributed by atoms with Crippen molar-refractivity contribution in [2.24, 2.45) is 0 Å². The normalized spacial score (nSPS) is 10.6. The summed E-state index contributed by atoms with van der Waals surface area (Å²) in [5.74, 6) is 0.540. The van der Waals surface area contributed by atoms with Crippen molar-refractivity contribution in [3.63, 3.8) is 0 Å². The van der Waals surface area contributed by atoms with Gasteiger partial charge in [-0.25, -0.2) is 0 Å². The van der Waals surface area contributed by atoms with Crippen LogP contribution in [0.3, 0.4) is 0 Å². The van der Waals surface area contributed by atoms with Gasteiger partial charge in [-0.1, -0.05) is 6.07 Å². The van der Waals surface area contributed by atoms with E-state index in [9.17, 15) is 4.79 Å². The number of amides is 1. The van der Waals surface area contributed by atoms with E-state index < -0.39 is 0 Å². The lowest BCUT2D eigenvalue weighted by atomic mass is 10.1. The molecule has 1 aromatic heterocycles. The van der Waals surface area contributed by atoms with Crippen molar-refractivity contribution in [2.45, 2.75) is 13.3 Å². The lowest BCUT2D eigenvalue weighted by Crippen LogP contribution is -2.32. The molecule has 0 fully saturated rings. The van der Waals surface area contributed by atoms with Gasteiger partial charge in [0.1, 0.15) is 5.52 Å². The molecule has 1 heterocycles. The molecular weight excluding hydrogens is 262 g/mol. The standard InChI is InChI=1S/C14H16ClN3O/c1-2-18(10-4-7-15)14(19)11-5-3-6-12-13(11)17-9-8-16-12/h3,5-6,8-9H,2,4,7,10H2,1H3. The van der Waals surface area contributed by atoms with Crippen LogP contribution in [0, 0.1) is 0 Å². The molecule has 1 amide bonds. The van der Waals surface area contributed by atoms with Gasteiger partial charge < -0.3 is 4.90 Å². The molecule has 19 heavy (non-hydrogen) atoms. The number of hydrogen-bond donors (Lipinski definition) is 0. The van der Waals surface area contributed by atoms with E-state index in [2.05, 4.69) is 9.97 Å². The first-order chi connectivity index (χ1) is 9.27. The second-order valence-electron chi connectivity index (χ2n) is 4.16. The average Bonchev–Trinajstić information content (AvgIpc) is 2.47. The van der Waals surface area contributed by atoms with E-state index in [0.29, 0.717) is 30.0 Å². The molecule has 100 valence electrons. The van der Waals surface area contributed by atoms with Crippen LogP contribution in [-0.2, 0) is 0 Å². The first kappa shape index (κ1) is 13.7. The minimum atomic E-state index is -0.0151. The Morgan fingerprint density at radius 1 is 1.32 bits per heavy atom. The van der Waals surface area contributed by atoms with E-state index in [1.165, 1.54) is 0 Å². The van der Waals surface area contributed by atoms with Crippen molar-refractivity contribution in [3.05, 3.63) is 36.2 Å². The summed E-state index contributed by atoms with van der Waals surface area (Å²) < 4.78 is 0. The molecule has 0 radical (unpaired) electrons. The fourth-order valence-corrected chi connectivity index (χ4v) is 2.11. The van der Waals surface area contributed by atoms with Gasteiger partial charge >= 0.3 is 0 Å². The molecule has 0 aliphatic carbocycles. The highest BCUT2D eigenvalue weighted by atomic mass is 35.5. The summed E-state index contributed by atoms with van der Waals surface area (Å²) in [5, 5.41) is 0. The van der Waals surface area contributed by atoms with Gasteiger partial charge in [0.05, 0.1) is 11.1 Å². The fraction of sp³-hybridized carbons (Fsp3) is 0.357. The molecule has 5 heteroatoms. The Morgan fingerprint density at radius 3 is 2.84 bits per heavy atom. The summed E-state index contributed by atoms with van der Waals surface area (Å²) in [4.78, 5) is 22.8. The topological polar surface area (TPSA) is 46.1 Å². The van der Waals surface area contributed by atoms with Crippen molar-refractivity contribution in [1.29, 1.82) is 0 Å². The van der Waals surface area contributed by atoms with Crippen LogP contribution in [0.4, 0.5) is 0 Å². The van der Waals surface area contributed by atoms with E-state index in [-0.39, 0.29) is 5.91 Å². The summed E-state index contributed by atoms with van der Waals surface area (Å²) in [7, 11) is 0. The molecule has 1 aromatic carbocycles. The lowest BCUT2D eigenvalue weighted by Gasteiger charge is -2.20. The van der Waals surface area contributed by atoms with E-state index >= 15 is 0 Å². The molecule has 2 rings (SSSR count). The molecule has 0 N–H and O–H groups in total. The zero-order valence-electron chi connectivity index (χ0n) is 10.8. The highest BCUT2D eigenvalue weighted by molar-refractivity contribution is 6.17. The lowest BCUT2D eigenvalue weighted by molar-refractivity contribution is 0.0766. The molecule has 0 saturated carbocycles. The third kappa shape index (κ3) is 3.01. The van der Waals surface area contributed by atoms with Crippen molar-refractivity contribution in [2.75, 3.05) is 19.0 Å². The molecular formula is C14H16ClN3O. The zero-order valence-corrected chi connectivity index (χ0v) is 11.6. The molecule has 2 aromatic rings. The Bertz CT molecular complexity index is 568. The van der Waals surface area contributed by atoms with Crippen LogP contribution in [0.2, 0.25) is 0 Å². The third-order valence-corrected chi connectivity index (χ3v) is 3.23.